The zero-order valence-electron chi connectivity index (χ0n) is 16.5. The number of rotatable bonds is 4. The molecular formula is C23H19N3O3S2. The lowest BCUT2D eigenvalue weighted by Crippen LogP contribution is -2.49. The fraction of sp³-hybridized carbons (Fsp3) is 0.174. The van der Waals surface area contributed by atoms with E-state index in [1.54, 1.807) is 28.4 Å². The van der Waals surface area contributed by atoms with Crippen molar-refractivity contribution in [3.05, 3.63) is 70.6 Å². The van der Waals surface area contributed by atoms with Crippen molar-refractivity contribution in [2.45, 2.75) is 6.54 Å². The Bertz CT molecular complexity index is 1310. The van der Waals surface area contributed by atoms with E-state index in [9.17, 15) is 14.4 Å². The van der Waals surface area contributed by atoms with Gasteiger partial charge in [-0.1, -0.05) is 30.3 Å². The second-order valence-electron chi connectivity index (χ2n) is 7.36. The molecular weight excluding hydrogens is 430 g/mol. The molecule has 6 nitrogen and oxygen atoms in total. The van der Waals surface area contributed by atoms with Gasteiger partial charge in [-0.3, -0.25) is 14.4 Å². The van der Waals surface area contributed by atoms with Gasteiger partial charge in [0.1, 0.15) is 0 Å². The second kappa shape index (κ2) is 8.13. The highest BCUT2D eigenvalue weighted by molar-refractivity contribution is 7.33. The summed E-state index contributed by atoms with van der Waals surface area (Å²) in [5.41, 5.74) is 1.44. The number of thiophene rings is 2. The molecule has 0 spiro atoms. The number of nitrogens with zero attached hydrogens (tertiary/aromatic N) is 1. The average molecular weight is 450 g/mol. The van der Waals surface area contributed by atoms with Crippen LogP contribution in [-0.4, -0.2) is 42.3 Å². The van der Waals surface area contributed by atoms with Crippen LogP contribution in [0.5, 0.6) is 0 Å². The van der Waals surface area contributed by atoms with Crippen LogP contribution < -0.4 is 10.6 Å². The van der Waals surface area contributed by atoms with Crippen LogP contribution in [-0.2, 0) is 11.3 Å². The number of fused-ring (bicyclic) bond motifs is 3. The Labute approximate surface area is 186 Å². The minimum Gasteiger partial charge on any atom is -0.353 e. The van der Waals surface area contributed by atoms with Gasteiger partial charge in [0, 0.05) is 40.0 Å². The van der Waals surface area contributed by atoms with E-state index < -0.39 is 0 Å². The van der Waals surface area contributed by atoms with Gasteiger partial charge in [-0.15, -0.1) is 22.7 Å². The topological polar surface area (TPSA) is 78.5 Å². The van der Waals surface area contributed by atoms with Gasteiger partial charge in [0.15, 0.2) is 0 Å². The van der Waals surface area contributed by atoms with Crippen LogP contribution in [0.1, 0.15) is 25.6 Å². The summed E-state index contributed by atoms with van der Waals surface area (Å²) in [6.07, 6.45) is 0. The molecule has 4 aromatic rings. The maximum absolute atomic E-state index is 12.6. The Morgan fingerprint density at radius 3 is 2.65 bits per heavy atom. The first-order valence-corrected chi connectivity index (χ1v) is 11.6. The minimum absolute atomic E-state index is 0.0875. The Morgan fingerprint density at radius 1 is 1.03 bits per heavy atom. The SMILES string of the molecule is O=C1CN(C(=O)c2ccc(CNC(=O)c3cc4sc5ccccc5c4s3)cc2)CCN1. The Kier molecular flexibility index (Phi) is 5.17. The van der Waals surface area contributed by atoms with Gasteiger partial charge in [0.05, 0.1) is 16.1 Å². The molecule has 3 heterocycles. The molecule has 1 saturated heterocycles. The van der Waals surface area contributed by atoms with Crippen molar-refractivity contribution in [1.82, 2.24) is 15.5 Å². The molecule has 0 atom stereocenters. The highest BCUT2D eigenvalue weighted by Gasteiger charge is 2.22. The summed E-state index contributed by atoms with van der Waals surface area (Å²) >= 11 is 3.21. The van der Waals surface area contributed by atoms with Crippen LogP contribution >= 0.6 is 22.7 Å². The number of nitrogens with one attached hydrogen (secondary N) is 2. The molecule has 0 radical (unpaired) electrons. The van der Waals surface area contributed by atoms with Crippen LogP contribution in [0.25, 0.3) is 19.5 Å². The first-order chi connectivity index (χ1) is 15.1. The van der Waals surface area contributed by atoms with Crippen LogP contribution in [0, 0.1) is 0 Å². The fourth-order valence-electron chi connectivity index (χ4n) is 3.64. The molecule has 2 aromatic heterocycles. The minimum atomic E-state index is -0.156. The van der Waals surface area contributed by atoms with Crippen molar-refractivity contribution >= 4 is 59.9 Å². The largest absolute Gasteiger partial charge is 0.353 e. The number of hydrogen-bond acceptors (Lipinski definition) is 5. The molecule has 1 fully saturated rings. The molecule has 0 aliphatic carbocycles. The molecule has 3 amide bonds. The molecule has 2 aromatic carbocycles. The third-order valence-electron chi connectivity index (χ3n) is 5.25. The van der Waals surface area contributed by atoms with E-state index in [1.807, 2.05) is 30.3 Å². The Balaban J connectivity index is 1.23. The Hall–Kier alpha value is -3.23. The first-order valence-electron chi connectivity index (χ1n) is 9.93. The van der Waals surface area contributed by atoms with Gasteiger partial charge in [-0.25, -0.2) is 0 Å². The summed E-state index contributed by atoms with van der Waals surface area (Å²) < 4.78 is 3.51. The number of carbonyl (C=O) groups is 3. The number of amides is 3. The molecule has 0 unspecified atom stereocenters. The number of hydrogen-bond donors (Lipinski definition) is 2. The lowest BCUT2D eigenvalue weighted by Gasteiger charge is -2.26. The van der Waals surface area contributed by atoms with Gasteiger partial charge >= 0.3 is 0 Å². The second-order valence-corrected chi connectivity index (χ2v) is 9.49. The molecule has 0 bridgehead atoms. The van der Waals surface area contributed by atoms with Crippen LogP contribution in [0.4, 0.5) is 0 Å². The quantitative estimate of drug-likeness (QED) is 0.500. The van der Waals surface area contributed by atoms with E-state index in [0.29, 0.717) is 30.1 Å². The predicted molar refractivity (Wildman–Crippen MR) is 124 cm³/mol. The van der Waals surface area contributed by atoms with Crippen LogP contribution in [0.2, 0.25) is 0 Å². The van der Waals surface area contributed by atoms with Crippen molar-refractivity contribution in [1.29, 1.82) is 0 Å². The van der Waals surface area contributed by atoms with Crippen molar-refractivity contribution in [2.75, 3.05) is 19.6 Å². The number of carbonyl (C=O) groups excluding carboxylic acids is 3. The fourth-order valence-corrected chi connectivity index (χ4v) is 6.08. The summed E-state index contributed by atoms with van der Waals surface area (Å²) in [6.45, 7) is 1.46. The standard InChI is InChI=1S/C23H19N3O3S2/c27-20-13-26(10-9-24-20)23(29)15-7-5-14(6-8-15)12-25-22(28)19-11-18-21(31-19)16-3-1-2-4-17(16)30-18/h1-8,11H,9-10,12-13H2,(H,24,27)(H,25,28). The average Bonchev–Trinajstić information content (AvgIpc) is 3.36. The van der Waals surface area contributed by atoms with E-state index in [-0.39, 0.29) is 24.3 Å². The van der Waals surface area contributed by atoms with Gasteiger partial charge < -0.3 is 15.5 Å². The van der Waals surface area contributed by atoms with E-state index in [0.717, 1.165) is 15.0 Å². The maximum Gasteiger partial charge on any atom is 0.261 e. The summed E-state index contributed by atoms with van der Waals surface area (Å²) in [6, 6.07) is 17.3. The van der Waals surface area contributed by atoms with Gasteiger partial charge in [-0.05, 0) is 29.8 Å². The molecule has 31 heavy (non-hydrogen) atoms. The maximum atomic E-state index is 12.6. The molecule has 0 saturated carbocycles. The summed E-state index contributed by atoms with van der Waals surface area (Å²) in [7, 11) is 0. The van der Waals surface area contributed by atoms with Crippen molar-refractivity contribution in [2.24, 2.45) is 0 Å². The van der Waals surface area contributed by atoms with Crippen molar-refractivity contribution < 1.29 is 14.4 Å². The molecule has 1 aliphatic heterocycles. The van der Waals surface area contributed by atoms with Crippen LogP contribution in [0.3, 0.4) is 0 Å². The van der Waals surface area contributed by atoms with E-state index in [2.05, 4.69) is 22.8 Å². The predicted octanol–water partition coefficient (Wildman–Crippen LogP) is 3.62. The lowest BCUT2D eigenvalue weighted by atomic mass is 10.1. The van der Waals surface area contributed by atoms with Crippen LogP contribution in [0.15, 0.2) is 54.6 Å². The lowest BCUT2D eigenvalue weighted by molar-refractivity contribution is -0.123. The summed E-state index contributed by atoms with van der Waals surface area (Å²) in [5, 5.41) is 6.86. The van der Waals surface area contributed by atoms with Gasteiger partial charge in [-0.2, -0.15) is 0 Å². The third kappa shape index (κ3) is 3.92. The molecule has 5 rings (SSSR count). The molecule has 2 N–H and O–H groups in total. The van der Waals surface area contributed by atoms with E-state index in [1.165, 1.54) is 21.4 Å². The van der Waals surface area contributed by atoms with E-state index >= 15 is 0 Å². The smallest absolute Gasteiger partial charge is 0.261 e. The zero-order chi connectivity index (χ0) is 21.4. The summed E-state index contributed by atoms with van der Waals surface area (Å²) in [5.74, 6) is -0.395. The highest BCUT2D eigenvalue weighted by Crippen LogP contribution is 2.39. The monoisotopic (exact) mass is 449 g/mol. The molecule has 8 heteroatoms. The first kappa shape index (κ1) is 19.7. The van der Waals surface area contributed by atoms with E-state index in [4.69, 9.17) is 0 Å². The third-order valence-corrected chi connectivity index (χ3v) is 7.67. The highest BCUT2D eigenvalue weighted by atomic mass is 32.1. The molecule has 1 aliphatic rings. The van der Waals surface area contributed by atoms with Crippen molar-refractivity contribution in [3.8, 4) is 0 Å². The zero-order valence-corrected chi connectivity index (χ0v) is 18.1. The van der Waals surface area contributed by atoms with Gasteiger partial charge in [0.25, 0.3) is 11.8 Å². The van der Waals surface area contributed by atoms with Gasteiger partial charge in [0.2, 0.25) is 5.91 Å². The molecule has 156 valence electrons. The van der Waals surface area contributed by atoms with Crippen molar-refractivity contribution in [3.63, 3.8) is 0 Å². The number of benzene rings is 2. The Morgan fingerprint density at radius 2 is 1.84 bits per heavy atom. The normalized spacial score (nSPS) is 14.1. The number of piperazine rings is 1. The summed E-state index contributed by atoms with van der Waals surface area (Å²) in [4.78, 5) is 38.9.